The van der Waals surface area contributed by atoms with Crippen molar-refractivity contribution in [2.45, 2.75) is 13.5 Å². The van der Waals surface area contributed by atoms with Gasteiger partial charge < -0.3 is 10.3 Å². The van der Waals surface area contributed by atoms with E-state index in [0.29, 0.717) is 5.82 Å². The SMILES string of the molecule is CCn1ccnc1-c1cccc(N)n1. The second-order valence-electron chi connectivity index (χ2n) is 2.98. The summed E-state index contributed by atoms with van der Waals surface area (Å²) in [5.41, 5.74) is 6.42. The third-order valence-electron chi connectivity index (χ3n) is 2.06. The standard InChI is InChI=1S/C10H12N4/c1-2-14-7-6-12-10(14)8-4-3-5-9(11)13-8/h3-7H,2H2,1H3,(H2,11,13). The van der Waals surface area contributed by atoms with Crippen molar-refractivity contribution in [3.05, 3.63) is 30.6 Å². The minimum absolute atomic E-state index is 0.521. The van der Waals surface area contributed by atoms with Crippen molar-refractivity contribution in [2.75, 3.05) is 5.73 Å². The summed E-state index contributed by atoms with van der Waals surface area (Å²) in [7, 11) is 0. The van der Waals surface area contributed by atoms with E-state index in [1.54, 1.807) is 12.3 Å². The number of hydrogen-bond acceptors (Lipinski definition) is 3. The quantitative estimate of drug-likeness (QED) is 0.777. The van der Waals surface area contributed by atoms with Crippen molar-refractivity contribution in [3.8, 4) is 11.5 Å². The highest BCUT2D eigenvalue weighted by Gasteiger charge is 2.05. The first kappa shape index (κ1) is 8.74. The van der Waals surface area contributed by atoms with Gasteiger partial charge in [0.15, 0.2) is 5.82 Å². The molecule has 0 amide bonds. The van der Waals surface area contributed by atoms with E-state index in [0.717, 1.165) is 18.1 Å². The van der Waals surface area contributed by atoms with Crippen LogP contribution < -0.4 is 5.73 Å². The summed E-state index contributed by atoms with van der Waals surface area (Å²) in [6, 6.07) is 5.56. The molecule has 2 rings (SSSR count). The Morgan fingerprint density at radius 2 is 2.29 bits per heavy atom. The maximum Gasteiger partial charge on any atom is 0.158 e. The fourth-order valence-electron chi connectivity index (χ4n) is 1.37. The summed E-state index contributed by atoms with van der Waals surface area (Å²) in [6.07, 6.45) is 3.70. The number of hydrogen-bond donors (Lipinski definition) is 1. The smallest absolute Gasteiger partial charge is 0.158 e. The Morgan fingerprint density at radius 3 is 3.00 bits per heavy atom. The largest absolute Gasteiger partial charge is 0.384 e. The molecule has 2 heterocycles. The Morgan fingerprint density at radius 1 is 1.43 bits per heavy atom. The monoisotopic (exact) mass is 188 g/mol. The predicted octanol–water partition coefficient (Wildman–Crippen LogP) is 1.55. The Kier molecular flexibility index (Phi) is 2.18. The number of imidazole rings is 1. The molecule has 0 radical (unpaired) electrons. The van der Waals surface area contributed by atoms with Gasteiger partial charge in [-0.2, -0.15) is 0 Å². The first-order valence-corrected chi connectivity index (χ1v) is 4.55. The average Bonchev–Trinajstić information content (AvgIpc) is 2.65. The number of aromatic nitrogens is 3. The van der Waals surface area contributed by atoms with Crippen LogP contribution in [0.25, 0.3) is 11.5 Å². The number of nitrogens with two attached hydrogens (primary N) is 1. The zero-order valence-electron chi connectivity index (χ0n) is 8.01. The van der Waals surface area contributed by atoms with E-state index in [4.69, 9.17) is 5.73 Å². The van der Waals surface area contributed by atoms with Crippen LogP contribution in [0.1, 0.15) is 6.92 Å². The van der Waals surface area contributed by atoms with Gasteiger partial charge in [0.05, 0.1) is 0 Å². The molecule has 14 heavy (non-hydrogen) atoms. The number of rotatable bonds is 2. The zero-order chi connectivity index (χ0) is 9.97. The van der Waals surface area contributed by atoms with Crippen molar-refractivity contribution in [3.63, 3.8) is 0 Å². The summed E-state index contributed by atoms with van der Waals surface area (Å²) in [6.45, 7) is 2.95. The molecule has 2 N–H and O–H groups in total. The summed E-state index contributed by atoms with van der Waals surface area (Å²) < 4.78 is 2.03. The Bertz CT molecular complexity index is 433. The molecule has 0 saturated heterocycles. The van der Waals surface area contributed by atoms with Crippen LogP contribution in [0.15, 0.2) is 30.6 Å². The molecule has 72 valence electrons. The fourth-order valence-corrected chi connectivity index (χ4v) is 1.37. The number of pyridine rings is 1. The van der Waals surface area contributed by atoms with Crippen molar-refractivity contribution in [1.82, 2.24) is 14.5 Å². The van der Waals surface area contributed by atoms with Crippen LogP contribution in [0.5, 0.6) is 0 Å². The van der Waals surface area contributed by atoms with Crippen LogP contribution in [-0.4, -0.2) is 14.5 Å². The zero-order valence-corrected chi connectivity index (χ0v) is 8.01. The Balaban J connectivity index is 2.49. The molecule has 0 aliphatic heterocycles. The van der Waals surface area contributed by atoms with Crippen molar-refractivity contribution in [1.29, 1.82) is 0 Å². The lowest BCUT2D eigenvalue weighted by atomic mass is 10.3. The van der Waals surface area contributed by atoms with E-state index >= 15 is 0 Å². The lowest BCUT2D eigenvalue weighted by Gasteiger charge is -2.03. The molecular weight excluding hydrogens is 176 g/mol. The third kappa shape index (κ3) is 1.46. The van der Waals surface area contributed by atoms with Crippen molar-refractivity contribution < 1.29 is 0 Å². The molecule has 4 nitrogen and oxygen atoms in total. The van der Waals surface area contributed by atoms with Gasteiger partial charge in [-0.1, -0.05) is 6.07 Å². The van der Waals surface area contributed by atoms with Crippen LogP contribution >= 0.6 is 0 Å². The molecule has 0 saturated carbocycles. The fraction of sp³-hybridized carbons (Fsp3) is 0.200. The van der Waals surface area contributed by atoms with E-state index in [1.165, 1.54) is 0 Å². The molecule has 0 aromatic carbocycles. The number of nitrogen functional groups attached to an aromatic ring is 1. The van der Waals surface area contributed by atoms with E-state index < -0.39 is 0 Å². The molecule has 0 spiro atoms. The molecule has 2 aromatic heterocycles. The van der Waals surface area contributed by atoms with Gasteiger partial charge in [0.2, 0.25) is 0 Å². The third-order valence-corrected chi connectivity index (χ3v) is 2.06. The molecule has 2 aromatic rings. The molecule has 0 aliphatic carbocycles. The maximum absolute atomic E-state index is 5.61. The van der Waals surface area contributed by atoms with Crippen LogP contribution in [0.3, 0.4) is 0 Å². The number of anilines is 1. The normalized spacial score (nSPS) is 10.4. The highest BCUT2D eigenvalue weighted by atomic mass is 15.1. The lowest BCUT2D eigenvalue weighted by molar-refractivity contribution is 0.768. The summed E-state index contributed by atoms with van der Waals surface area (Å²) in [4.78, 5) is 8.46. The molecule has 0 atom stereocenters. The van der Waals surface area contributed by atoms with Crippen LogP contribution in [0.2, 0.25) is 0 Å². The highest BCUT2D eigenvalue weighted by Crippen LogP contribution is 2.15. The molecule has 0 unspecified atom stereocenters. The van der Waals surface area contributed by atoms with E-state index in [-0.39, 0.29) is 0 Å². The first-order chi connectivity index (χ1) is 6.81. The van der Waals surface area contributed by atoms with Gasteiger partial charge in [-0.15, -0.1) is 0 Å². The van der Waals surface area contributed by atoms with Crippen LogP contribution in [-0.2, 0) is 6.54 Å². The van der Waals surface area contributed by atoms with E-state index in [2.05, 4.69) is 16.9 Å². The molecular formula is C10H12N4. The molecule has 0 bridgehead atoms. The van der Waals surface area contributed by atoms with Gasteiger partial charge in [-0.05, 0) is 19.1 Å². The minimum Gasteiger partial charge on any atom is -0.384 e. The summed E-state index contributed by atoms with van der Waals surface area (Å²) >= 11 is 0. The van der Waals surface area contributed by atoms with E-state index in [1.807, 2.05) is 22.9 Å². The second-order valence-corrected chi connectivity index (χ2v) is 2.98. The van der Waals surface area contributed by atoms with Gasteiger partial charge in [0.1, 0.15) is 11.5 Å². The lowest BCUT2D eigenvalue weighted by Crippen LogP contribution is -1.99. The van der Waals surface area contributed by atoms with Gasteiger partial charge in [0, 0.05) is 18.9 Å². The molecule has 0 aliphatic rings. The van der Waals surface area contributed by atoms with Crippen LogP contribution in [0.4, 0.5) is 5.82 Å². The predicted molar refractivity (Wildman–Crippen MR) is 55.5 cm³/mol. The molecule has 0 fully saturated rings. The van der Waals surface area contributed by atoms with Gasteiger partial charge >= 0.3 is 0 Å². The number of nitrogens with zero attached hydrogens (tertiary/aromatic N) is 3. The summed E-state index contributed by atoms with van der Waals surface area (Å²) in [5.74, 6) is 1.38. The van der Waals surface area contributed by atoms with Gasteiger partial charge in [-0.25, -0.2) is 9.97 Å². The van der Waals surface area contributed by atoms with Crippen molar-refractivity contribution in [2.24, 2.45) is 0 Å². The Hall–Kier alpha value is -1.84. The second kappa shape index (κ2) is 3.49. The topological polar surface area (TPSA) is 56.7 Å². The summed E-state index contributed by atoms with van der Waals surface area (Å²) in [5, 5.41) is 0. The molecule has 4 heteroatoms. The Labute approximate surface area is 82.4 Å². The highest BCUT2D eigenvalue weighted by molar-refractivity contribution is 5.52. The van der Waals surface area contributed by atoms with Gasteiger partial charge in [0.25, 0.3) is 0 Å². The van der Waals surface area contributed by atoms with Crippen molar-refractivity contribution >= 4 is 5.82 Å². The number of aryl methyl sites for hydroxylation is 1. The van der Waals surface area contributed by atoms with Gasteiger partial charge in [-0.3, -0.25) is 0 Å². The minimum atomic E-state index is 0.521. The average molecular weight is 188 g/mol. The van der Waals surface area contributed by atoms with E-state index in [9.17, 15) is 0 Å². The first-order valence-electron chi connectivity index (χ1n) is 4.55. The maximum atomic E-state index is 5.61. The van der Waals surface area contributed by atoms with Crippen LogP contribution in [0, 0.1) is 0 Å².